The van der Waals surface area contributed by atoms with Gasteiger partial charge in [-0.25, -0.2) is 4.98 Å². The number of aromatic nitrogens is 1. The summed E-state index contributed by atoms with van der Waals surface area (Å²) in [6, 6.07) is 1.94. The fourth-order valence-electron chi connectivity index (χ4n) is 3.15. The van der Waals surface area contributed by atoms with Crippen molar-refractivity contribution in [2.45, 2.75) is 51.2 Å². The van der Waals surface area contributed by atoms with Crippen LogP contribution in [0.25, 0.3) is 0 Å². The van der Waals surface area contributed by atoms with E-state index in [1.807, 2.05) is 4.90 Å². The van der Waals surface area contributed by atoms with E-state index >= 15 is 0 Å². The van der Waals surface area contributed by atoms with Gasteiger partial charge in [0.1, 0.15) is 11.1 Å². The first-order chi connectivity index (χ1) is 11.1. The summed E-state index contributed by atoms with van der Waals surface area (Å²) in [6.45, 7) is 4.30. The van der Waals surface area contributed by atoms with Gasteiger partial charge in [-0.05, 0) is 32.3 Å². The van der Waals surface area contributed by atoms with Gasteiger partial charge in [-0.15, -0.1) is 0 Å². The molecule has 2 saturated heterocycles. The Hall–Kier alpha value is -1.33. The van der Waals surface area contributed by atoms with Gasteiger partial charge in [-0.1, -0.05) is 11.6 Å². The van der Waals surface area contributed by atoms with Gasteiger partial charge in [-0.3, -0.25) is 4.79 Å². The Labute approximate surface area is 141 Å². The molecule has 0 aromatic carbocycles. The molecule has 1 amide bonds. The van der Waals surface area contributed by atoms with Crippen LogP contribution < -0.4 is 4.74 Å². The molecule has 2 aliphatic heterocycles. The Bertz CT molecular complexity index is 561. The molecule has 1 unspecified atom stereocenters. The van der Waals surface area contributed by atoms with Crippen LogP contribution in [0.2, 0.25) is 5.02 Å². The predicted octanol–water partition coefficient (Wildman–Crippen LogP) is 3.31. The number of piperidine rings is 1. The standard InChI is InChI=1S/C17H23ClN2O3/c1-12-4-2-3-7-20(12)17(21)13-10-15(18)16(19-11-13)23-14-5-8-22-9-6-14/h10-12,14H,2-9H2,1H3. The molecule has 1 aromatic rings. The Balaban J connectivity index is 1.69. The fourth-order valence-corrected chi connectivity index (χ4v) is 3.36. The molecule has 5 nitrogen and oxygen atoms in total. The second kappa shape index (κ2) is 7.49. The van der Waals surface area contributed by atoms with E-state index in [-0.39, 0.29) is 18.1 Å². The van der Waals surface area contributed by atoms with Crippen molar-refractivity contribution in [2.24, 2.45) is 0 Å². The number of hydrogen-bond acceptors (Lipinski definition) is 4. The lowest BCUT2D eigenvalue weighted by molar-refractivity contribution is 0.0237. The number of hydrogen-bond donors (Lipinski definition) is 0. The monoisotopic (exact) mass is 338 g/mol. The summed E-state index contributed by atoms with van der Waals surface area (Å²) in [4.78, 5) is 18.8. The van der Waals surface area contributed by atoms with E-state index in [1.165, 1.54) is 6.42 Å². The van der Waals surface area contributed by atoms with E-state index in [0.717, 1.165) is 32.2 Å². The first kappa shape index (κ1) is 16.5. The first-order valence-electron chi connectivity index (χ1n) is 8.36. The largest absolute Gasteiger partial charge is 0.473 e. The summed E-state index contributed by atoms with van der Waals surface area (Å²) in [5.74, 6) is 0.408. The lowest BCUT2D eigenvalue weighted by Gasteiger charge is -2.33. The molecule has 1 aromatic heterocycles. The molecule has 0 spiro atoms. The highest BCUT2D eigenvalue weighted by molar-refractivity contribution is 6.32. The maximum Gasteiger partial charge on any atom is 0.255 e. The third-order valence-electron chi connectivity index (χ3n) is 4.56. The highest BCUT2D eigenvalue weighted by Crippen LogP contribution is 2.27. The second-order valence-electron chi connectivity index (χ2n) is 6.28. The van der Waals surface area contributed by atoms with Crippen molar-refractivity contribution in [1.82, 2.24) is 9.88 Å². The number of pyridine rings is 1. The quantitative estimate of drug-likeness (QED) is 0.848. The zero-order valence-electron chi connectivity index (χ0n) is 13.5. The zero-order chi connectivity index (χ0) is 16.2. The van der Waals surface area contributed by atoms with Crippen LogP contribution >= 0.6 is 11.6 Å². The molecule has 0 saturated carbocycles. The number of ether oxygens (including phenoxy) is 2. The molecule has 126 valence electrons. The third kappa shape index (κ3) is 3.96. The highest BCUT2D eigenvalue weighted by atomic mass is 35.5. The number of likely N-dealkylation sites (tertiary alicyclic amines) is 1. The van der Waals surface area contributed by atoms with E-state index < -0.39 is 0 Å². The van der Waals surface area contributed by atoms with Gasteiger partial charge >= 0.3 is 0 Å². The summed E-state index contributed by atoms with van der Waals surface area (Å²) < 4.78 is 11.2. The smallest absolute Gasteiger partial charge is 0.255 e. The molecule has 6 heteroatoms. The third-order valence-corrected chi connectivity index (χ3v) is 4.84. The van der Waals surface area contributed by atoms with Crippen LogP contribution in [0.4, 0.5) is 0 Å². The van der Waals surface area contributed by atoms with Gasteiger partial charge in [0.25, 0.3) is 5.91 Å². The summed E-state index contributed by atoms with van der Waals surface area (Å²) in [6.07, 6.45) is 6.62. The molecule has 23 heavy (non-hydrogen) atoms. The van der Waals surface area contributed by atoms with Gasteiger partial charge in [-0.2, -0.15) is 0 Å². The average Bonchev–Trinajstić information content (AvgIpc) is 2.57. The zero-order valence-corrected chi connectivity index (χ0v) is 14.2. The molecule has 3 rings (SSSR count). The van der Waals surface area contributed by atoms with E-state index in [1.54, 1.807) is 12.3 Å². The van der Waals surface area contributed by atoms with Crippen molar-refractivity contribution >= 4 is 17.5 Å². The average molecular weight is 339 g/mol. The highest BCUT2D eigenvalue weighted by Gasteiger charge is 2.25. The van der Waals surface area contributed by atoms with Crippen molar-refractivity contribution in [1.29, 1.82) is 0 Å². The normalized spacial score (nSPS) is 22.9. The molecule has 2 aliphatic rings. The van der Waals surface area contributed by atoms with Crippen molar-refractivity contribution in [2.75, 3.05) is 19.8 Å². The number of carbonyl (C=O) groups is 1. The van der Waals surface area contributed by atoms with Crippen LogP contribution in [0.3, 0.4) is 0 Å². The lowest BCUT2D eigenvalue weighted by atomic mass is 10.0. The van der Waals surface area contributed by atoms with E-state index in [4.69, 9.17) is 21.1 Å². The van der Waals surface area contributed by atoms with E-state index in [9.17, 15) is 4.79 Å². The second-order valence-corrected chi connectivity index (χ2v) is 6.69. The number of carbonyl (C=O) groups excluding carboxylic acids is 1. The molecule has 0 radical (unpaired) electrons. The molecular weight excluding hydrogens is 316 g/mol. The summed E-state index contributed by atoms with van der Waals surface area (Å²) in [5.41, 5.74) is 0.531. The van der Waals surface area contributed by atoms with Gasteiger partial charge < -0.3 is 14.4 Å². The lowest BCUT2D eigenvalue weighted by Crippen LogP contribution is -2.42. The molecule has 0 N–H and O–H groups in total. The SMILES string of the molecule is CC1CCCCN1C(=O)c1cnc(OC2CCOCC2)c(Cl)c1. The van der Waals surface area contributed by atoms with Crippen LogP contribution in [0, 0.1) is 0 Å². The Morgan fingerprint density at radius 2 is 2.13 bits per heavy atom. The van der Waals surface area contributed by atoms with Crippen molar-refractivity contribution < 1.29 is 14.3 Å². The molecule has 0 bridgehead atoms. The summed E-state index contributed by atoms with van der Waals surface area (Å²) in [5, 5.41) is 0.395. The maximum atomic E-state index is 12.6. The number of halogens is 1. The van der Waals surface area contributed by atoms with Crippen LogP contribution in [0.1, 0.15) is 49.4 Å². The minimum Gasteiger partial charge on any atom is -0.473 e. The van der Waals surface area contributed by atoms with Crippen LogP contribution in [-0.4, -0.2) is 47.7 Å². The molecule has 1 atom stereocenters. The summed E-state index contributed by atoms with van der Waals surface area (Å²) >= 11 is 6.28. The van der Waals surface area contributed by atoms with Gasteiger partial charge in [0.15, 0.2) is 0 Å². The topological polar surface area (TPSA) is 51.7 Å². The van der Waals surface area contributed by atoms with Gasteiger partial charge in [0.05, 0.1) is 18.8 Å². The minimum absolute atomic E-state index is 0.00390. The van der Waals surface area contributed by atoms with E-state index in [0.29, 0.717) is 29.7 Å². The minimum atomic E-state index is 0.00390. The Morgan fingerprint density at radius 3 is 2.83 bits per heavy atom. The van der Waals surface area contributed by atoms with Crippen molar-refractivity contribution in [3.05, 3.63) is 22.8 Å². The summed E-state index contributed by atoms with van der Waals surface area (Å²) in [7, 11) is 0. The van der Waals surface area contributed by atoms with Gasteiger partial charge in [0, 0.05) is 31.6 Å². The molecule has 0 aliphatic carbocycles. The number of amides is 1. The maximum absolute atomic E-state index is 12.6. The Kier molecular flexibility index (Phi) is 5.38. The number of nitrogens with zero attached hydrogens (tertiary/aromatic N) is 2. The van der Waals surface area contributed by atoms with Crippen LogP contribution in [0.15, 0.2) is 12.3 Å². The van der Waals surface area contributed by atoms with Crippen molar-refractivity contribution in [3.63, 3.8) is 0 Å². The fraction of sp³-hybridized carbons (Fsp3) is 0.647. The predicted molar refractivity (Wildman–Crippen MR) is 88.1 cm³/mol. The van der Waals surface area contributed by atoms with Gasteiger partial charge in [0.2, 0.25) is 5.88 Å². The Morgan fingerprint density at radius 1 is 1.35 bits per heavy atom. The molecule has 2 fully saturated rings. The number of rotatable bonds is 3. The van der Waals surface area contributed by atoms with Crippen molar-refractivity contribution in [3.8, 4) is 5.88 Å². The molecule has 3 heterocycles. The van der Waals surface area contributed by atoms with Crippen LogP contribution in [0.5, 0.6) is 5.88 Å². The molecular formula is C17H23ClN2O3. The first-order valence-corrected chi connectivity index (χ1v) is 8.74. The van der Waals surface area contributed by atoms with Crippen LogP contribution in [-0.2, 0) is 4.74 Å². The van der Waals surface area contributed by atoms with E-state index in [2.05, 4.69) is 11.9 Å².